The molecule has 16 heavy (non-hydrogen) atoms. The Labute approximate surface area is 97.1 Å². The monoisotopic (exact) mass is 210 g/mol. The first kappa shape index (κ1) is 10.9. The van der Waals surface area contributed by atoms with E-state index in [9.17, 15) is 0 Å². The molecule has 2 rings (SSSR count). The molecule has 0 saturated heterocycles. The van der Waals surface area contributed by atoms with E-state index in [1.807, 2.05) is 18.2 Å². The van der Waals surface area contributed by atoms with Gasteiger partial charge in [0.2, 0.25) is 0 Å². The Morgan fingerprint density at radius 2 is 1.62 bits per heavy atom. The molecule has 1 heteroatoms. The van der Waals surface area contributed by atoms with Gasteiger partial charge in [0.1, 0.15) is 0 Å². The van der Waals surface area contributed by atoms with E-state index in [1.165, 1.54) is 11.1 Å². The van der Waals surface area contributed by atoms with Crippen molar-refractivity contribution >= 4 is 0 Å². The maximum atomic E-state index is 3.44. The Hall–Kier alpha value is -1.60. The predicted octanol–water partition coefficient (Wildman–Crippen LogP) is 2.82. The average molecular weight is 210 g/mol. The zero-order chi connectivity index (χ0) is 11.1. The third-order valence-electron chi connectivity index (χ3n) is 2.55. The minimum Gasteiger partial charge on any atom is -0.312 e. The van der Waals surface area contributed by atoms with Crippen LogP contribution in [0.15, 0.2) is 54.6 Å². The van der Waals surface area contributed by atoms with E-state index in [4.69, 9.17) is 0 Å². The lowest BCUT2D eigenvalue weighted by Crippen LogP contribution is -2.16. The fourth-order valence-corrected chi connectivity index (χ4v) is 1.65. The second-order valence-corrected chi connectivity index (χ2v) is 3.82. The van der Waals surface area contributed by atoms with Crippen molar-refractivity contribution in [2.24, 2.45) is 0 Å². The van der Waals surface area contributed by atoms with Crippen LogP contribution in [-0.4, -0.2) is 6.54 Å². The lowest BCUT2D eigenvalue weighted by atomic mass is 10.1. The fourth-order valence-electron chi connectivity index (χ4n) is 1.65. The summed E-state index contributed by atoms with van der Waals surface area (Å²) in [5.74, 6) is 0. The predicted molar refractivity (Wildman–Crippen MR) is 67.1 cm³/mol. The van der Waals surface area contributed by atoms with E-state index in [2.05, 4.69) is 47.8 Å². The Morgan fingerprint density at radius 3 is 2.38 bits per heavy atom. The standard InChI is InChI=1S/C15H16N/c1-3-7-14(8-4-1)11-12-16-13-15-9-5-2-6-10-15/h2-10,16H,11-13H2. The highest BCUT2D eigenvalue weighted by molar-refractivity contribution is 5.15. The number of hydrogen-bond donors (Lipinski definition) is 1. The Morgan fingerprint density at radius 1 is 0.875 bits per heavy atom. The van der Waals surface area contributed by atoms with Gasteiger partial charge in [-0.1, -0.05) is 54.6 Å². The van der Waals surface area contributed by atoms with E-state index in [0.29, 0.717) is 0 Å². The van der Waals surface area contributed by atoms with Gasteiger partial charge < -0.3 is 5.32 Å². The van der Waals surface area contributed by atoms with Crippen LogP contribution in [0.3, 0.4) is 0 Å². The van der Waals surface area contributed by atoms with Crippen molar-refractivity contribution in [2.75, 3.05) is 6.54 Å². The van der Waals surface area contributed by atoms with E-state index in [-0.39, 0.29) is 0 Å². The normalized spacial score (nSPS) is 10.2. The number of benzene rings is 2. The largest absolute Gasteiger partial charge is 0.312 e. The molecule has 2 aromatic carbocycles. The molecule has 0 bridgehead atoms. The van der Waals surface area contributed by atoms with Crippen molar-refractivity contribution in [3.8, 4) is 0 Å². The molecule has 0 aliphatic heterocycles. The van der Waals surface area contributed by atoms with E-state index in [0.717, 1.165) is 19.5 Å². The molecule has 1 N–H and O–H groups in total. The van der Waals surface area contributed by atoms with Crippen LogP contribution in [0.1, 0.15) is 11.1 Å². The lowest BCUT2D eigenvalue weighted by molar-refractivity contribution is 0.687. The van der Waals surface area contributed by atoms with Crippen molar-refractivity contribution in [2.45, 2.75) is 13.0 Å². The van der Waals surface area contributed by atoms with Crippen molar-refractivity contribution in [1.29, 1.82) is 0 Å². The van der Waals surface area contributed by atoms with Gasteiger partial charge in [-0.3, -0.25) is 0 Å². The number of hydrogen-bond acceptors (Lipinski definition) is 1. The maximum Gasteiger partial charge on any atom is 0.0205 e. The highest BCUT2D eigenvalue weighted by atomic mass is 14.8. The Kier molecular flexibility index (Phi) is 4.15. The summed E-state index contributed by atoms with van der Waals surface area (Å²) < 4.78 is 0. The summed E-state index contributed by atoms with van der Waals surface area (Å²) in [6.45, 7) is 1.96. The first-order chi connectivity index (χ1) is 7.95. The molecule has 2 aromatic rings. The van der Waals surface area contributed by atoms with Crippen LogP contribution in [0.25, 0.3) is 0 Å². The average Bonchev–Trinajstić information content (AvgIpc) is 2.37. The minimum absolute atomic E-state index is 0.944. The molecule has 0 aliphatic carbocycles. The van der Waals surface area contributed by atoms with Gasteiger partial charge in [0, 0.05) is 6.54 Å². The third kappa shape index (κ3) is 3.52. The van der Waals surface area contributed by atoms with Gasteiger partial charge in [0.15, 0.2) is 0 Å². The van der Waals surface area contributed by atoms with Crippen molar-refractivity contribution in [3.63, 3.8) is 0 Å². The molecule has 0 unspecified atom stereocenters. The van der Waals surface area contributed by atoms with Crippen LogP contribution in [0.4, 0.5) is 0 Å². The molecule has 0 heterocycles. The number of rotatable bonds is 5. The van der Waals surface area contributed by atoms with Crippen molar-refractivity contribution < 1.29 is 0 Å². The molecule has 81 valence electrons. The van der Waals surface area contributed by atoms with Gasteiger partial charge in [-0.05, 0) is 30.2 Å². The van der Waals surface area contributed by atoms with Gasteiger partial charge in [-0.2, -0.15) is 0 Å². The van der Waals surface area contributed by atoms with Crippen molar-refractivity contribution in [1.82, 2.24) is 5.32 Å². The molecular weight excluding hydrogens is 194 g/mol. The summed E-state index contributed by atoms with van der Waals surface area (Å²) in [6, 6.07) is 21.7. The van der Waals surface area contributed by atoms with Crippen molar-refractivity contribution in [3.05, 3.63) is 71.8 Å². The number of nitrogens with one attached hydrogen (secondary N) is 1. The molecule has 1 radical (unpaired) electrons. The molecule has 0 aliphatic rings. The summed E-state index contributed by atoms with van der Waals surface area (Å²) in [4.78, 5) is 0. The molecule has 0 aromatic heterocycles. The SMILES string of the molecule is [c]1ccc(CCNCc2ccccc2)cc1. The Balaban J connectivity index is 1.70. The van der Waals surface area contributed by atoms with Gasteiger partial charge in [0.25, 0.3) is 0 Å². The topological polar surface area (TPSA) is 12.0 Å². The molecule has 0 saturated carbocycles. The second-order valence-electron chi connectivity index (χ2n) is 3.82. The lowest BCUT2D eigenvalue weighted by Gasteiger charge is -2.04. The van der Waals surface area contributed by atoms with Crippen LogP contribution in [0, 0.1) is 6.07 Å². The summed E-state index contributed by atoms with van der Waals surface area (Å²) >= 11 is 0. The van der Waals surface area contributed by atoms with E-state index in [1.54, 1.807) is 0 Å². The summed E-state index contributed by atoms with van der Waals surface area (Å²) in [7, 11) is 0. The highest BCUT2D eigenvalue weighted by Crippen LogP contribution is 1.99. The van der Waals surface area contributed by atoms with Crippen LogP contribution < -0.4 is 5.32 Å². The summed E-state index contributed by atoms with van der Waals surface area (Å²) in [6.07, 6.45) is 1.07. The first-order valence-electron chi connectivity index (χ1n) is 5.65. The zero-order valence-corrected chi connectivity index (χ0v) is 9.32. The molecule has 0 fully saturated rings. The van der Waals surface area contributed by atoms with Gasteiger partial charge in [-0.15, -0.1) is 0 Å². The smallest absolute Gasteiger partial charge is 0.0205 e. The third-order valence-corrected chi connectivity index (χ3v) is 2.55. The molecular formula is C15H16N. The van der Waals surface area contributed by atoms with Crippen LogP contribution in [0.5, 0.6) is 0 Å². The van der Waals surface area contributed by atoms with E-state index < -0.39 is 0 Å². The van der Waals surface area contributed by atoms with Crippen LogP contribution >= 0.6 is 0 Å². The quantitative estimate of drug-likeness (QED) is 0.748. The molecule has 0 spiro atoms. The van der Waals surface area contributed by atoms with Gasteiger partial charge in [0.05, 0.1) is 0 Å². The summed E-state index contributed by atoms with van der Waals surface area (Å²) in [5.41, 5.74) is 2.70. The molecule has 1 nitrogen and oxygen atoms in total. The van der Waals surface area contributed by atoms with Crippen LogP contribution in [-0.2, 0) is 13.0 Å². The Bertz CT molecular complexity index is 353. The zero-order valence-electron chi connectivity index (χ0n) is 9.32. The fraction of sp³-hybridized carbons (Fsp3) is 0.200. The summed E-state index contributed by atoms with van der Waals surface area (Å²) in [5, 5.41) is 3.44. The second kappa shape index (κ2) is 6.09. The molecule has 0 amide bonds. The first-order valence-corrected chi connectivity index (χ1v) is 5.65. The van der Waals surface area contributed by atoms with Crippen LogP contribution in [0.2, 0.25) is 0 Å². The maximum absolute atomic E-state index is 3.44. The van der Waals surface area contributed by atoms with E-state index >= 15 is 0 Å². The minimum atomic E-state index is 0.944. The van der Waals surface area contributed by atoms with Gasteiger partial charge in [-0.25, -0.2) is 0 Å². The molecule has 0 atom stereocenters. The highest BCUT2D eigenvalue weighted by Gasteiger charge is 1.92. The van der Waals surface area contributed by atoms with Gasteiger partial charge >= 0.3 is 0 Å².